The van der Waals surface area contributed by atoms with E-state index in [-0.39, 0.29) is 39.1 Å². The molecular formula is C5H4NNaO3S2. The van der Waals surface area contributed by atoms with Crippen molar-refractivity contribution in [1.82, 2.24) is 4.98 Å². The molecule has 0 atom stereocenters. The smallest absolute Gasteiger partial charge is 0.744 e. The Morgan fingerprint density at radius 2 is 2.08 bits per heavy atom. The first-order valence-electron chi connectivity index (χ1n) is 2.65. The van der Waals surface area contributed by atoms with Crippen LogP contribution in [0.15, 0.2) is 23.2 Å². The van der Waals surface area contributed by atoms with Gasteiger partial charge in [-0.3, -0.25) is 0 Å². The second-order valence-corrected chi connectivity index (χ2v) is 3.66. The Labute approximate surface area is 97.1 Å². The molecule has 0 aliphatic rings. The number of hydrogen-bond donors (Lipinski definition) is 1. The SMILES string of the molecule is O=S(=O)([O-])c1cc[nH]c(=S)c1.[Na+]. The van der Waals surface area contributed by atoms with Crippen molar-refractivity contribution >= 4 is 22.3 Å². The van der Waals surface area contributed by atoms with Crippen molar-refractivity contribution in [3.05, 3.63) is 23.0 Å². The Morgan fingerprint density at radius 1 is 1.50 bits per heavy atom. The van der Waals surface area contributed by atoms with Crippen LogP contribution in [-0.4, -0.2) is 18.0 Å². The average molecular weight is 213 g/mol. The van der Waals surface area contributed by atoms with Crippen molar-refractivity contribution in [2.45, 2.75) is 4.90 Å². The van der Waals surface area contributed by atoms with E-state index in [1.807, 2.05) is 0 Å². The van der Waals surface area contributed by atoms with Gasteiger partial charge in [0, 0.05) is 6.20 Å². The first-order valence-corrected chi connectivity index (χ1v) is 4.46. The van der Waals surface area contributed by atoms with Gasteiger partial charge in [0.05, 0.1) is 4.90 Å². The van der Waals surface area contributed by atoms with E-state index in [4.69, 9.17) is 0 Å². The predicted molar refractivity (Wildman–Crippen MR) is 39.6 cm³/mol. The van der Waals surface area contributed by atoms with E-state index >= 15 is 0 Å². The summed E-state index contributed by atoms with van der Waals surface area (Å²) >= 11 is 4.61. The van der Waals surface area contributed by atoms with Crippen LogP contribution in [0, 0.1) is 4.64 Å². The van der Waals surface area contributed by atoms with E-state index in [1.54, 1.807) is 0 Å². The summed E-state index contributed by atoms with van der Waals surface area (Å²) in [6.45, 7) is 0. The van der Waals surface area contributed by atoms with Crippen molar-refractivity contribution in [1.29, 1.82) is 0 Å². The summed E-state index contributed by atoms with van der Waals surface area (Å²) < 4.78 is 31.3. The second-order valence-electron chi connectivity index (χ2n) is 1.84. The third kappa shape index (κ3) is 3.34. The average Bonchev–Trinajstić information content (AvgIpc) is 1.86. The van der Waals surface area contributed by atoms with Crippen LogP contribution in [0.25, 0.3) is 0 Å². The van der Waals surface area contributed by atoms with Crippen LogP contribution in [0.4, 0.5) is 0 Å². The fourth-order valence-corrected chi connectivity index (χ4v) is 1.35. The molecule has 1 rings (SSSR count). The number of pyridine rings is 1. The van der Waals surface area contributed by atoms with Crippen LogP contribution in [0.1, 0.15) is 0 Å². The van der Waals surface area contributed by atoms with E-state index in [2.05, 4.69) is 17.2 Å². The van der Waals surface area contributed by atoms with Gasteiger partial charge in [-0.25, -0.2) is 8.42 Å². The molecule has 0 radical (unpaired) electrons. The number of aromatic amines is 1. The Kier molecular flexibility index (Phi) is 4.60. The summed E-state index contributed by atoms with van der Waals surface area (Å²) in [6, 6.07) is 2.27. The van der Waals surface area contributed by atoms with Crippen molar-refractivity contribution in [3.63, 3.8) is 0 Å². The van der Waals surface area contributed by atoms with Crippen molar-refractivity contribution in [2.24, 2.45) is 0 Å². The molecule has 0 aromatic carbocycles. The maximum atomic E-state index is 10.4. The number of nitrogens with one attached hydrogen (secondary N) is 1. The zero-order valence-electron chi connectivity index (χ0n) is 6.27. The molecule has 60 valence electrons. The maximum Gasteiger partial charge on any atom is 1.00 e. The number of H-pyrrole nitrogens is 1. The quantitative estimate of drug-likeness (QED) is 0.322. The molecule has 0 bridgehead atoms. The van der Waals surface area contributed by atoms with Crippen LogP contribution < -0.4 is 29.6 Å². The zero-order valence-corrected chi connectivity index (χ0v) is 9.91. The Morgan fingerprint density at radius 3 is 2.42 bits per heavy atom. The van der Waals surface area contributed by atoms with Gasteiger partial charge in [0.15, 0.2) is 0 Å². The molecule has 7 heteroatoms. The standard InChI is InChI=1S/C5H5NO3S2.Na/c7-11(8,9)4-1-2-6-5(10)3-4;/h1-3H,(H,6,10)(H,7,8,9);/q;+1/p-1. The molecule has 0 saturated heterocycles. The van der Waals surface area contributed by atoms with E-state index in [0.717, 1.165) is 12.1 Å². The van der Waals surface area contributed by atoms with Crippen LogP contribution in [0.5, 0.6) is 0 Å². The van der Waals surface area contributed by atoms with Crippen molar-refractivity contribution < 1.29 is 42.5 Å². The normalized spacial score (nSPS) is 10.4. The molecule has 12 heavy (non-hydrogen) atoms. The largest absolute Gasteiger partial charge is 1.00 e. The van der Waals surface area contributed by atoms with Gasteiger partial charge < -0.3 is 9.54 Å². The summed E-state index contributed by atoms with van der Waals surface area (Å²) in [5.41, 5.74) is 0. The third-order valence-corrected chi connectivity index (χ3v) is 2.10. The molecule has 1 heterocycles. The summed E-state index contributed by atoms with van der Waals surface area (Å²) in [4.78, 5) is 2.25. The second kappa shape index (κ2) is 4.50. The number of aromatic nitrogens is 1. The summed E-state index contributed by atoms with van der Waals surface area (Å²) in [5, 5.41) is 0. The van der Waals surface area contributed by atoms with Gasteiger partial charge in [0.2, 0.25) is 0 Å². The molecular weight excluding hydrogens is 209 g/mol. The monoisotopic (exact) mass is 213 g/mol. The first kappa shape index (κ1) is 12.3. The van der Waals surface area contributed by atoms with Gasteiger partial charge in [0.25, 0.3) is 0 Å². The molecule has 0 aliphatic carbocycles. The molecule has 1 aromatic rings. The summed E-state index contributed by atoms with van der Waals surface area (Å²) in [6.07, 6.45) is 1.31. The minimum absolute atomic E-state index is 0. The molecule has 1 aromatic heterocycles. The van der Waals surface area contributed by atoms with Crippen LogP contribution in [0.2, 0.25) is 0 Å². The number of hydrogen-bond acceptors (Lipinski definition) is 4. The minimum Gasteiger partial charge on any atom is -0.744 e. The Hall–Kier alpha value is 0.280. The molecule has 0 aliphatic heterocycles. The summed E-state index contributed by atoms with van der Waals surface area (Å²) in [5.74, 6) is 0. The van der Waals surface area contributed by atoms with Crippen molar-refractivity contribution in [2.75, 3.05) is 0 Å². The van der Waals surface area contributed by atoms with Gasteiger partial charge >= 0.3 is 29.6 Å². The topological polar surface area (TPSA) is 73.0 Å². The minimum atomic E-state index is -4.36. The Balaban J connectivity index is 0.00000121. The van der Waals surface area contributed by atoms with E-state index in [9.17, 15) is 13.0 Å². The van der Waals surface area contributed by atoms with Gasteiger partial charge in [0.1, 0.15) is 14.8 Å². The molecule has 0 spiro atoms. The Bertz CT molecular complexity index is 411. The molecule has 4 nitrogen and oxygen atoms in total. The molecule has 0 amide bonds. The zero-order chi connectivity index (χ0) is 8.48. The van der Waals surface area contributed by atoms with Crippen LogP contribution >= 0.6 is 12.2 Å². The van der Waals surface area contributed by atoms with E-state index < -0.39 is 10.1 Å². The van der Waals surface area contributed by atoms with Crippen LogP contribution in [-0.2, 0) is 10.1 Å². The van der Waals surface area contributed by atoms with Gasteiger partial charge in [-0.2, -0.15) is 0 Å². The molecule has 0 saturated carbocycles. The fourth-order valence-electron chi connectivity index (χ4n) is 0.580. The van der Waals surface area contributed by atoms with Gasteiger partial charge in [-0.15, -0.1) is 0 Å². The molecule has 0 fully saturated rings. The van der Waals surface area contributed by atoms with E-state index in [1.165, 1.54) is 6.20 Å². The summed E-state index contributed by atoms with van der Waals surface area (Å²) in [7, 11) is -4.36. The van der Waals surface area contributed by atoms with Gasteiger partial charge in [-0.1, -0.05) is 12.2 Å². The van der Waals surface area contributed by atoms with Gasteiger partial charge in [-0.05, 0) is 12.1 Å². The van der Waals surface area contributed by atoms with Crippen molar-refractivity contribution in [3.8, 4) is 0 Å². The third-order valence-electron chi connectivity index (χ3n) is 1.04. The van der Waals surface area contributed by atoms with E-state index in [0.29, 0.717) is 0 Å². The fraction of sp³-hybridized carbons (Fsp3) is 0. The molecule has 0 unspecified atom stereocenters. The molecule has 1 N–H and O–H groups in total. The first-order chi connectivity index (χ1) is 5.00. The van der Waals surface area contributed by atoms with Crippen LogP contribution in [0.3, 0.4) is 0 Å². The predicted octanol–water partition coefficient (Wildman–Crippen LogP) is -2.35. The number of rotatable bonds is 1. The maximum absolute atomic E-state index is 10.4.